The summed E-state index contributed by atoms with van der Waals surface area (Å²) in [4.78, 5) is 19.4. The molecule has 0 saturated heterocycles. The molecule has 178 valence electrons. The number of aromatic amines is 1. The maximum atomic E-state index is 13.9. The first-order valence-corrected chi connectivity index (χ1v) is 12.4. The summed E-state index contributed by atoms with van der Waals surface area (Å²) in [5.74, 6) is -0.383. The Morgan fingerprint density at radius 2 is 1.32 bits per heavy atom. The van der Waals surface area contributed by atoms with Gasteiger partial charge in [0.2, 0.25) is 5.91 Å². The molecular formula is C32H24N4O. The number of amides is 1. The highest BCUT2D eigenvalue weighted by Crippen LogP contribution is 2.48. The van der Waals surface area contributed by atoms with Crippen LogP contribution in [0.1, 0.15) is 17.0 Å². The zero-order valence-corrected chi connectivity index (χ0v) is 20.3. The molecule has 1 aliphatic heterocycles. The predicted octanol–water partition coefficient (Wildman–Crippen LogP) is 6.80. The van der Waals surface area contributed by atoms with E-state index in [2.05, 4.69) is 35.3 Å². The van der Waals surface area contributed by atoms with E-state index in [1.54, 1.807) is 4.90 Å². The van der Waals surface area contributed by atoms with E-state index in [4.69, 9.17) is 5.10 Å². The largest absolute Gasteiger partial charge is 0.339 e. The van der Waals surface area contributed by atoms with E-state index in [9.17, 15) is 4.79 Å². The zero-order valence-electron chi connectivity index (χ0n) is 20.3. The molecule has 0 aliphatic carbocycles. The van der Waals surface area contributed by atoms with Crippen LogP contribution in [0.2, 0.25) is 0 Å². The number of carbonyl (C=O) groups excluding carboxylic acids is 1. The van der Waals surface area contributed by atoms with E-state index in [0.29, 0.717) is 0 Å². The summed E-state index contributed by atoms with van der Waals surface area (Å²) in [5.41, 5.74) is 8.59. The molecule has 5 heteroatoms. The van der Waals surface area contributed by atoms with Crippen LogP contribution in [0, 0.1) is 0 Å². The van der Waals surface area contributed by atoms with Crippen molar-refractivity contribution < 1.29 is 4.79 Å². The third kappa shape index (κ3) is 3.24. The Balaban J connectivity index is 1.62. The second-order valence-corrected chi connectivity index (χ2v) is 9.35. The average Bonchev–Trinajstić information content (AvgIpc) is 3.60. The number of benzene rings is 4. The Kier molecular flexibility index (Phi) is 4.83. The molecule has 1 amide bonds. The molecule has 0 fully saturated rings. The van der Waals surface area contributed by atoms with E-state index < -0.39 is 5.92 Å². The summed E-state index contributed by atoms with van der Waals surface area (Å²) in [6.45, 7) is 0. The van der Waals surface area contributed by atoms with Crippen molar-refractivity contribution in [2.75, 3.05) is 11.9 Å². The van der Waals surface area contributed by atoms with Crippen molar-refractivity contribution in [2.45, 2.75) is 5.92 Å². The number of hydrogen-bond acceptors (Lipinski definition) is 2. The number of nitrogens with zero attached hydrogens (tertiary/aromatic N) is 3. The molecule has 2 aromatic heterocycles. The lowest BCUT2D eigenvalue weighted by atomic mass is 9.88. The number of nitrogens with one attached hydrogen (secondary N) is 1. The number of fused-ring (bicyclic) bond motifs is 2. The van der Waals surface area contributed by atoms with Gasteiger partial charge in [-0.15, -0.1) is 0 Å². The number of anilines is 1. The van der Waals surface area contributed by atoms with Crippen molar-refractivity contribution in [1.29, 1.82) is 0 Å². The number of aromatic nitrogens is 3. The fourth-order valence-corrected chi connectivity index (χ4v) is 5.54. The predicted molar refractivity (Wildman–Crippen MR) is 148 cm³/mol. The Hall–Kier alpha value is -4.90. The van der Waals surface area contributed by atoms with Gasteiger partial charge in [0.25, 0.3) is 0 Å². The molecule has 4 aromatic carbocycles. The molecule has 0 bridgehead atoms. The molecule has 37 heavy (non-hydrogen) atoms. The highest BCUT2D eigenvalue weighted by atomic mass is 16.2. The van der Waals surface area contributed by atoms with Crippen LogP contribution in [0.4, 0.5) is 5.69 Å². The minimum Gasteiger partial charge on any atom is -0.339 e. The second-order valence-electron chi connectivity index (χ2n) is 9.35. The molecule has 1 atom stereocenters. The minimum absolute atomic E-state index is 0.0609. The van der Waals surface area contributed by atoms with E-state index >= 15 is 0 Å². The van der Waals surface area contributed by atoms with Crippen molar-refractivity contribution in [2.24, 2.45) is 0 Å². The van der Waals surface area contributed by atoms with Crippen LogP contribution in [0.5, 0.6) is 0 Å². The van der Waals surface area contributed by atoms with Crippen molar-refractivity contribution in [1.82, 2.24) is 14.8 Å². The molecule has 1 unspecified atom stereocenters. The first-order chi connectivity index (χ1) is 18.2. The van der Waals surface area contributed by atoms with E-state index in [1.807, 2.05) is 96.7 Å². The lowest BCUT2D eigenvalue weighted by Gasteiger charge is -2.14. The van der Waals surface area contributed by atoms with Crippen LogP contribution in [0.15, 0.2) is 115 Å². The smallest absolute Gasteiger partial charge is 0.238 e. The Morgan fingerprint density at radius 3 is 2.03 bits per heavy atom. The van der Waals surface area contributed by atoms with Gasteiger partial charge in [-0.05, 0) is 29.3 Å². The SMILES string of the molecule is CN1C(=O)C(c2c(-c3ccccc3)[nH]c3c2c(-c2ccccc2)nn3-c2ccccc2)c2ccccc21. The maximum Gasteiger partial charge on any atom is 0.238 e. The van der Waals surface area contributed by atoms with Crippen LogP contribution < -0.4 is 4.90 Å². The van der Waals surface area contributed by atoms with Crippen LogP contribution in [0.25, 0.3) is 39.2 Å². The number of likely N-dealkylation sites (N-methyl/N-ethyl adjacent to an activating group) is 1. The molecule has 0 radical (unpaired) electrons. The second kappa shape index (κ2) is 8.35. The third-order valence-electron chi connectivity index (χ3n) is 7.25. The van der Waals surface area contributed by atoms with Gasteiger partial charge >= 0.3 is 0 Å². The average molecular weight is 481 g/mol. The highest BCUT2D eigenvalue weighted by Gasteiger charge is 2.40. The van der Waals surface area contributed by atoms with Gasteiger partial charge < -0.3 is 9.88 Å². The normalized spacial score (nSPS) is 14.9. The Morgan fingerprint density at radius 1 is 0.730 bits per heavy atom. The van der Waals surface area contributed by atoms with Gasteiger partial charge in [0.05, 0.1) is 22.7 Å². The first kappa shape index (κ1) is 21.4. The van der Waals surface area contributed by atoms with Crippen LogP contribution in [0.3, 0.4) is 0 Å². The monoisotopic (exact) mass is 480 g/mol. The molecule has 3 heterocycles. The minimum atomic E-state index is -0.443. The molecule has 0 saturated carbocycles. The molecule has 0 spiro atoms. The first-order valence-electron chi connectivity index (χ1n) is 12.4. The molecule has 7 rings (SSSR count). The fourth-order valence-electron chi connectivity index (χ4n) is 5.54. The number of H-pyrrole nitrogens is 1. The van der Waals surface area contributed by atoms with Gasteiger partial charge in [0, 0.05) is 23.9 Å². The van der Waals surface area contributed by atoms with E-state index in [-0.39, 0.29) is 5.91 Å². The summed E-state index contributed by atoms with van der Waals surface area (Å²) >= 11 is 0. The maximum absolute atomic E-state index is 13.9. The fraction of sp³-hybridized carbons (Fsp3) is 0.0625. The Labute approximate surface area is 214 Å². The van der Waals surface area contributed by atoms with Crippen LogP contribution in [-0.2, 0) is 4.79 Å². The van der Waals surface area contributed by atoms with Gasteiger partial charge in [0.1, 0.15) is 11.3 Å². The molecule has 1 N–H and O–H groups in total. The lowest BCUT2D eigenvalue weighted by molar-refractivity contribution is -0.118. The molecule has 6 aromatic rings. The summed E-state index contributed by atoms with van der Waals surface area (Å²) in [6.07, 6.45) is 0. The van der Waals surface area contributed by atoms with Crippen LogP contribution in [-0.4, -0.2) is 27.7 Å². The molecule has 1 aliphatic rings. The van der Waals surface area contributed by atoms with Crippen molar-refractivity contribution >= 4 is 22.6 Å². The lowest BCUT2D eigenvalue weighted by Crippen LogP contribution is -2.24. The summed E-state index contributed by atoms with van der Waals surface area (Å²) in [5, 5.41) is 6.09. The van der Waals surface area contributed by atoms with E-state index in [0.717, 1.165) is 56.0 Å². The summed E-state index contributed by atoms with van der Waals surface area (Å²) in [6, 6.07) is 38.7. The zero-order chi connectivity index (χ0) is 24.9. The van der Waals surface area contributed by atoms with Crippen molar-refractivity contribution in [3.63, 3.8) is 0 Å². The van der Waals surface area contributed by atoms with Gasteiger partial charge in [0.15, 0.2) is 0 Å². The summed E-state index contributed by atoms with van der Waals surface area (Å²) < 4.78 is 1.96. The standard InChI is InChI=1S/C32H24N4O/c1-35-25-20-12-11-19-24(25)26(32(35)37)27-28-30(22-15-7-3-8-16-22)34-36(23-17-9-4-10-18-23)31(28)33-29(27)21-13-5-2-6-14-21/h2-20,26,33H,1H3. The van der Waals surface area contributed by atoms with Crippen LogP contribution >= 0.6 is 0 Å². The number of hydrogen-bond donors (Lipinski definition) is 1. The number of rotatable bonds is 4. The molecular weight excluding hydrogens is 456 g/mol. The van der Waals surface area contributed by atoms with Gasteiger partial charge in [-0.2, -0.15) is 5.10 Å². The van der Waals surface area contributed by atoms with Gasteiger partial charge in [-0.3, -0.25) is 4.79 Å². The van der Waals surface area contributed by atoms with Gasteiger partial charge in [-0.1, -0.05) is 97.1 Å². The van der Waals surface area contributed by atoms with Crippen molar-refractivity contribution in [3.05, 3.63) is 126 Å². The van der Waals surface area contributed by atoms with Gasteiger partial charge in [-0.25, -0.2) is 4.68 Å². The topological polar surface area (TPSA) is 53.9 Å². The Bertz CT molecular complexity index is 1750. The number of para-hydroxylation sites is 2. The summed E-state index contributed by atoms with van der Waals surface area (Å²) in [7, 11) is 1.86. The van der Waals surface area contributed by atoms with Crippen molar-refractivity contribution in [3.8, 4) is 28.2 Å². The van der Waals surface area contributed by atoms with E-state index in [1.165, 1.54) is 0 Å². The highest BCUT2D eigenvalue weighted by molar-refractivity contribution is 6.12. The molecule has 5 nitrogen and oxygen atoms in total. The third-order valence-corrected chi connectivity index (χ3v) is 7.25. The number of carbonyl (C=O) groups is 1. The quantitative estimate of drug-likeness (QED) is 0.302.